The molecule has 0 spiro atoms. The van der Waals surface area contributed by atoms with Crippen LogP contribution in [0.3, 0.4) is 0 Å². The Morgan fingerprint density at radius 2 is 2.25 bits per heavy atom. The summed E-state index contributed by atoms with van der Waals surface area (Å²) in [6.45, 7) is 4.17. The molecule has 3 heteroatoms. The molecule has 0 aliphatic heterocycles. The summed E-state index contributed by atoms with van der Waals surface area (Å²) in [6.07, 6.45) is 2.90. The topological polar surface area (TPSA) is 38.3 Å². The lowest BCUT2D eigenvalue weighted by Gasteiger charge is -2.43. The van der Waals surface area contributed by atoms with Gasteiger partial charge in [0.05, 0.1) is 0 Å². The van der Waals surface area contributed by atoms with Gasteiger partial charge in [0, 0.05) is 7.05 Å². The van der Waals surface area contributed by atoms with Crippen LogP contribution in [0, 0.1) is 5.92 Å². The second kappa shape index (κ2) is 3.33. The van der Waals surface area contributed by atoms with Gasteiger partial charge in [0.2, 0.25) is 0 Å². The normalized spacial score (nSPS) is 33.8. The maximum absolute atomic E-state index is 10.9. The number of ether oxygens (including phenoxy) is 1. The number of hydrogen-bond acceptors (Lipinski definition) is 2. The molecule has 1 rings (SSSR count). The van der Waals surface area contributed by atoms with E-state index in [2.05, 4.69) is 12.2 Å². The first-order valence-electron chi connectivity index (χ1n) is 4.50. The van der Waals surface area contributed by atoms with Gasteiger partial charge in [0.25, 0.3) is 0 Å². The largest absolute Gasteiger partial charge is 0.443 e. The first-order valence-corrected chi connectivity index (χ1v) is 4.50. The molecule has 1 amide bonds. The van der Waals surface area contributed by atoms with Crippen molar-refractivity contribution in [3.8, 4) is 0 Å². The molecule has 1 aliphatic carbocycles. The molecule has 0 saturated heterocycles. The first kappa shape index (κ1) is 9.36. The predicted octanol–water partition coefficient (Wildman–Crippen LogP) is 1.92. The fourth-order valence-corrected chi connectivity index (χ4v) is 1.81. The average Bonchev–Trinajstić information content (AvgIpc) is 1.99. The van der Waals surface area contributed by atoms with E-state index in [-0.39, 0.29) is 11.7 Å². The van der Waals surface area contributed by atoms with Gasteiger partial charge in [-0.05, 0) is 25.7 Å². The van der Waals surface area contributed by atoms with Gasteiger partial charge in [-0.1, -0.05) is 13.3 Å². The number of carbonyl (C=O) groups excluding carboxylic acids is 1. The SMILES string of the molecule is CC[C@H]1C[C@@](C)(OC(=O)NC)C1. The molecule has 1 aliphatic rings. The molecular weight excluding hydrogens is 154 g/mol. The van der Waals surface area contributed by atoms with Crippen molar-refractivity contribution in [2.45, 2.75) is 38.7 Å². The molecule has 12 heavy (non-hydrogen) atoms. The maximum Gasteiger partial charge on any atom is 0.407 e. The minimum Gasteiger partial charge on any atom is -0.443 e. The Bertz CT molecular complexity index is 173. The fraction of sp³-hybridized carbons (Fsp3) is 0.889. The van der Waals surface area contributed by atoms with Crippen LogP contribution in [0.4, 0.5) is 4.79 Å². The van der Waals surface area contributed by atoms with Crippen LogP contribution >= 0.6 is 0 Å². The highest BCUT2D eigenvalue weighted by atomic mass is 16.6. The molecule has 0 aromatic heterocycles. The van der Waals surface area contributed by atoms with Gasteiger partial charge in [-0.15, -0.1) is 0 Å². The summed E-state index contributed by atoms with van der Waals surface area (Å²) in [7, 11) is 1.58. The van der Waals surface area contributed by atoms with Crippen LogP contribution in [0.5, 0.6) is 0 Å². The third-order valence-corrected chi connectivity index (χ3v) is 2.56. The average molecular weight is 171 g/mol. The monoisotopic (exact) mass is 171 g/mol. The highest BCUT2D eigenvalue weighted by molar-refractivity contribution is 5.67. The predicted molar refractivity (Wildman–Crippen MR) is 47.0 cm³/mol. The molecular formula is C9H17NO2. The van der Waals surface area contributed by atoms with Crippen LogP contribution < -0.4 is 5.32 Å². The van der Waals surface area contributed by atoms with Gasteiger partial charge in [-0.2, -0.15) is 0 Å². The maximum atomic E-state index is 10.9. The van der Waals surface area contributed by atoms with Crippen LogP contribution in [0.2, 0.25) is 0 Å². The van der Waals surface area contributed by atoms with E-state index in [4.69, 9.17) is 4.74 Å². The van der Waals surface area contributed by atoms with Crippen molar-refractivity contribution in [3.63, 3.8) is 0 Å². The third-order valence-electron chi connectivity index (χ3n) is 2.56. The quantitative estimate of drug-likeness (QED) is 0.689. The Morgan fingerprint density at radius 1 is 1.67 bits per heavy atom. The van der Waals surface area contributed by atoms with Gasteiger partial charge < -0.3 is 10.1 Å². The highest BCUT2D eigenvalue weighted by Gasteiger charge is 2.42. The Morgan fingerprint density at radius 3 is 2.67 bits per heavy atom. The summed E-state index contributed by atoms with van der Waals surface area (Å²) < 4.78 is 5.20. The highest BCUT2D eigenvalue weighted by Crippen LogP contribution is 2.42. The summed E-state index contributed by atoms with van der Waals surface area (Å²) >= 11 is 0. The molecule has 0 atom stereocenters. The molecule has 70 valence electrons. The standard InChI is InChI=1S/C9H17NO2/c1-4-7-5-9(2,6-7)12-8(11)10-3/h7H,4-6H2,1-3H3,(H,10,11)/t7-,9+. The molecule has 0 heterocycles. The van der Waals surface area contributed by atoms with Crippen molar-refractivity contribution in [1.82, 2.24) is 5.32 Å². The van der Waals surface area contributed by atoms with Gasteiger partial charge in [0.1, 0.15) is 5.60 Å². The van der Waals surface area contributed by atoms with Crippen molar-refractivity contribution in [2.24, 2.45) is 5.92 Å². The minimum atomic E-state index is -0.313. The van der Waals surface area contributed by atoms with Crippen LogP contribution in [0.15, 0.2) is 0 Å². The summed E-state index contributed by atoms with van der Waals surface area (Å²) in [5.74, 6) is 0.750. The molecule has 1 saturated carbocycles. The molecule has 0 aromatic rings. The second-order valence-corrected chi connectivity index (χ2v) is 3.77. The number of nitrogens with one attached hydrogen (secondary N) is 1. The van der Waals surface area contributed by atoms with Crippen molar-refractivity contribution in [1.29, 1.82) is 0 Å². The van der Waals surface area contributed by atoms with Gasteiger partial charge in [-0.25, -0.2) is 4.79 Å². The number of carbonyl (C=O) groups is 1. The van der Waals surface area contributed by atoms with E-state index in [1.54, 1.807) is 7.05 Å². The molecule has 0 bridgehead atoms. The second-order valence-electron chi connectivity index (χ2n) is 3.77. The summed E-state index contributed by atoms with van der Waals surface area (Å²) in [5, 5.41) is 2.46. The zero-order valence-electron chi connectivity index (χ0n) is 8.02. The van der Waals surface area contributed by atoms with E-state index in [9.17, 15) is 4.79 Å². The molecule has 3 nitrogen and oxygen atoms in total. The van der Waals surface area contributed by atoms with Crippen molar-refractivity contribution < 1.29 is 9.53 Å². The van der Waals surface area contributed by atoms with E-state index in [1.165, 1.54) is 6.42 Å². The number of amides is 1. The lowest BCUT2D eigenvalue weighted by molar-refractivity contribution is -0.0674. The zero-order chi connectivity index (χ0) is 9.19. The Balaban J connectivity index is 2.30. The fourth-order valence-electron chi connectivity index (χ4n) is 1.81. The molecule has 1 N–H and O–H groups in total. The van der Waals surface area contributed by atoms with Crippen LogP contribution in [-0.2, 0) is 4.74 Å². The lowest BCUT2D eigenvalue weighted by atomic mass is 9.71. The first-order chi connectivity index (χ1) is 5.59. The van der Waals surface area contributed by atoms with Gasteiger partial charge in [-0.3, -0.25) is 0 Å². The van der Waals surface area contributed by atoms with E-state index in [0.29, 0.717) is 0 Å². The summed E-state index contributed by atoms with van der Waals surface area (Å²) in [4.78, 5) is 10.9. The van der Waals surface area contributed by atoms with E-state index in [1.807, 2.05) is 6.92 Å². The third kappa shape index (κ3) is 1.90. The van der Waals surface area contributed by atoms with E-state index < -0.39 is 0 Å². The van der Waals surface area contributed by atoms with Crippen molar-refractivity contribution >= 4 is 6.09 Å². The Kier molecular flexibility index (Phi) is 2.60. The van der Waals surface area contributed by atoms with Crippen molar-refractivity contribution in [3.05, 3.63) is 0 Å². The van der Waals surface area contributed by atoms with E-state index >= 15 is 0 Å². The summed E-state index contributed by atoms with van der Waals surface area (Å²) in [5.41, 5.74) is -0.194. The smallest absolute Gasteiger partial charge is 0.407 e. The number of alkyl carbamates (subject to hydrolysis) is 1. The number of rotatable bonds is 2. The van der Waals surface area contributed by atoms with Crippen LogP contribution in [-0.4, -0.2) is 18.7 Å². The molecule has 0 aromatic carbocycles. The number of hydrogen-bond donors (Lipinski definition) is 1. The minimum absolute atomic E-state index is 0.194. The lowest BCUT2D eigenvalue weighted by Crippen LogP contribution is -2.46. The van der Waals surface area contributed by atoms with Gasteiger partial charge in [0.15, 0.2) is 0 Å². The van der Waals surface area contributed by atoms with Crippen LogP contribution in [0.1, 0.15) is 33.1 Å². The molecule has 1 fully saturated rings. The molecule has 0 radical (unpaired) electrons. The Labute approximate surface area is 73.5 Å². The molecule has 0 unspecified atom stereocenters. The van der Waals surface area contributed by atoms with Gasteiger partial charge >= 0.3 is 6.09 Å². The summed E-state index contributed by atoms with van der Waals surface area (Å²) in [6, 6.07) is 0. The zero-order valence-corrected chi connectivity index (χ0v) is 8.02. The van der Waals surface area contributed by atoms with Crippen molar-refractivity contribution in [2.75, 3.05) is 7.05 Å². The van der Waals surface area contributed by atoms with E-state index in [0.717, 1.165) is 18.8 Å². The Hall–Kier alpha value is -0.730. The van der Waals surface area contributed by atoms with Crippen LogP contribution in [0.25, 0.3) is 0 Å².